The van der Waals surface area contributed by atoms with Crippen LogP contribution in [0.15, 0.2) is 0 Å². The molecule has 0 aromatic heterocycles. The number of carboxylic acid groups (broad SMARTS) is 1. The normalized spacial score (nSPS) is 22.0. The third-order valence-electron chi connectivity index (χ3n) is 3.26. The molecule has 1 aliphatic rings. The van der Waals surface area contributed by atoms with Crippen LogP contribution in [0.2, 0.25) is 0 Å². The molecule has 7 heteroatoms. The Morgan fingerprint density at radius 1 is 1.29 bits per heavy atom. The number of carboxylic acids is 1. The van der Waals surface area contributed by atoms with Gasteiger partial charge in [0.2, 0.25) is 0 Å². The van der Waals surface area contributed by atoms with Crippen LogP contribution in [0.4, 0.5) is 4.79 Å². The topological polar surface area (TPSA) is 93.1 Å². The number of rotatable bonds is 4. The number of aliphatic carboxylic acids is 1. The van der Waals surface area contributed by atoms with Gasteiger partial charge < -0.3 is 14.6 Å². The minimum atomic E-state index is -0.889. The Kier molecular flexibility index (Phi) is 5.57. The van der Waals surface area contributed by atoms with Crippen molar-refractivity contribution in [2.75, 3.05) is 13.7 Å². The zero-order valence-corrected chi connectivity index (χ0v) is 12.9. The highest BCUT2D eigenvalue weighted by Crippen LogP contribution is 2.29. The summed E-state index contributed by atoms with van der Waals surface area (Å²) in [7, 11) is 1.26. The van der Waals surface area contributed by atoms with E-state index in [0.29, 0.717) is 19.4 Å². The standard InChI is InChI=1S/C14H23NO6/c1-14(2,3)21-13(19)15-8-9(5-6-11(16)17)7-10(15)12(18)20-4/h9-10H,5-8H2,1-4H3,(H,16,17)/t9-,10-/m1/s1. The van der Waals surface area contributed by atoms with Gasteiger partial charge in [0.25, 0.3) is 0 Å². The summed E-state index contributed by atoms with van der Waals surface area (Å²) in [6, 6.07) is -0.705. The highest BCUT2D eigenvalue weighted by Gasteiger charge is 2.41. The first-order valence-electron chi connectivity index (χ1n) is 6.93. The third kappa shape index (κ3) is 5.24. The number of likely N-dealkylation sites (tertiary alicyclic amines) is 1. The highest BCUT2D eigenvalue weighted by atomic mass is 16.6. The molecule has 0 spiro atoms. The van der Waals surface area contributed by atoms with Crippen LogP contribution >= 0.6 is 0 Å². The number of methoxy groups -OCH3 is 1. The molecule has 2 atom stereocenters. The van der Waals surface area contributed by atoms with Gasteiger partial charge in [-0.1, -0.05) is 0 Å². The molecule has 0 bridgehead atoms. The average molecular weight is 301 g/mol. The molecular weight excluding hydrogens is 278 g/mol. The molecule has 7 nitrogen and oxygen atoms in total. The molecule has 1 N–H and O–H groups in total. The van der Waals surface area contributed by atoms with Crippen molar-refractivity contribution in [2.45, 2.75) is 51.7 Å². The van der Waals surface area contributed by atoms with Crippen molar-refractivity contribution in [2.24, 2.45) is 5.92 Å². The van der Waals surface area contributed by atoms with E-state index in [2.05, 4.69) is 0 Å². The number of carbonyl (C=O) groups excluding carboxylic acids is 2. The maximum absolute atomic E-state index is 12.2. The van der Waals surface area contributed by atoms with Crippen LogP contribution in [-0.2, 0) is 19.1 Å². The average Bonchev–Trinajstić information content (AvgIpc) is 2.77. The number of esters is 1. The molecule has 1 heterocycles. The molecule has 1 aliphatic heterocycles. The van der Waals surface area contributed by atoms with Crippen molar-refractivity contribution in [3.63, 3.8) is 0 Å². The lowest BCUT2D eigenvalue weighted by molar-refractivity contribution is -0.145. The Balaban J connectivity index is 2.75. The van der Waals surface area contributed by atoms with E-state index < -0.39 is 29.7 Å². The van der Waals surface area contributed by atoms with Crippen molar-refractivity contribution in [1.29, 1.82) is 0 Å². The van der Waals surface area contributed by atoms with Gasteiger partial charge in [0.05, 0.1) is 7.11 Å². The maximum Gasteiger partial charge on any atom is 0.411 e. The van der Waals surface area contributed by atoms with Gasteiger partial charge in [-0.3, -0.25) is 9.69 Å². The summed E-state index contributed by atoms with van der Waals surface area (Å²) in [5.41, 5.74) is -0.656. The van der Waals surface area contributed by atoms with E-state index in [1.807, 2.05) is 0 Å². The zero-order chi connectivity index (χ0) is 16.2. The third-order valence-corrected chi connectivity index (χ3v) is 3.26. The summed E-state index contributed by atoms with van der Waals surface area (Å²) in [6.07, 6.45) is 0.262. The molecule has 1 amide bonds. The largest absolute Gasteiger partial charge is 0.481 e. The summed E-state index contributed by atoms with van der Waals surface area (Å²) in [4.78, 5) is 35.9. The van der Waals surface area contributed by atoms with Crippen molar-refractivity contribution in [1.82, 2.24) is 4.90 Å². The van der Waals surface area contributed by atoms with Gasteiger partial charge >= 0.3 is 18.0 Å². The van der Waals surface area contributed by atoms with Gasteiger partial charge in [0.1, 0.15) is 11.6 Å². The fourth-order valence-corrected chi connectivity index (χ4v) is 2.34. The predicted molar refractivity (Wildman–Crippen MR) is 73.7 cm³/mol. The first-order chi connectivity index (χ1) is 9.64. The van der Waals surface area contributed by atoms with E-state index >= 15 is 0 Å². The molecule has 0 aliphatic carbocycles. The Morgan fingerprint density at radius 2 is 1.90 bits per heavy atom. The van der Waals surface area contributed by atoms with Crippen LogP contribution in [0.1, 0.15) is 40.0 Å². The van der Waals surface area contributed by atoms with Gasteiger partial charge in [-0.15, -0.1) is 0 Å². The molecule has 1 saturated heterocycles. The molecule has 1 fully saturated rings. The molecule has 0 unspecified atom stereocenters. The van der Waals surface area contributed by atoms with E-state index in [0.717, 1.165) is 0 Å². The second-order valence-electron chi connectivity index (χ2n) is 6.21. The summed E-state index contributed by atoms with van der Waals surface area (Å²) in [5.74, 6) is -1.43. The minimum absolute atomic E-state index is 0.0146. The van der Waals surface area contributed by atoms with Gasteiger partial charge in [-0.05, 0) is 39.5 Å². The molecule has 1 rings (SSSR count). The molecular formula is C14H23NO6. The van der Waals surface area contributed by atoms with Crippen molar-refractivity contribution in [3.05, 3.63) is 0 Å². The number of hydrogen-bond acceptors (Lipinski definition) is 5. The maximum atomic E-state index is 12.2. The molecule has 120 valence electrons. The van der Waals surface area contributed by atoms with E-state index in [9.17, 15) is 14.4 Å². The van der Waals surface area contributed by atoms with Crippen LogP contribution in [-0.4, -0.2) is 53.3 Å². The highest BCUT2D eigenvalue weighted by molar-refractivity contribution is 5.82. The number of nitrogens with zero attached hydrogens (tertiary/aromatic N) is 1. The lowest BCUT2D eigenvalue weighted by Crippen LogP contribution is -2.43. The number of carbonyl (C=O) groups is 3. The summed E-state index contributed by atoms with van der Waals surface area (Å²) in [6.45, 7) is 5.55. The first-order valence-corrected chi connectivity index (χ1v) is 6.93. The Bertz CT molecular complexity index is 414. The quantitative estimate of drug-likeness (QED) is 0.794. The van der Waals surface area contributed by atoms with Gasteiger partial charge in [0.15, 0.2) is 0 Å². The molecule has 0 radical (unpaired) electrons. The summed E-state index contributed by atoms with van der Waals surface area (Å²) in [5, 5.41) is 8.73. The van der Waals surface area contributed by atoms with Crippen LogP contribution in [0.3, 0.4) is 0 Å². The van der Waals surface area contributed by atoms with Crippen LogP contribution < -0.4 is 0 Å². The fourth-order valence-electron chi connectivity index (χ4n) is 2.34. The van der Waals surface area contributed by atoms with Crippen LogP contribution in [0.25, 0.3) is 0 Å². The Hall–Kier alpha value is -1.79. The lowest BCUT2D eigenvalue weighted by atomic mass is 10.00. The van der Waals surface area contributed by atoms with Gasteiger partial charge in [-0.2, -0.15) is 0 Å². The Labute approximate surface area is 124 Å². The summed E-state index contributed by atoms with van der Waals surface area (Å²) >= 11 is 0. The number of amides is 1. The predicted octanol–water partition coefficient (Wildman–Crippen LogP) is 1.65. The van der Waals surface area contributed by atoms with E-state index in [4.69, 9.17) is 14.6 Å². The first kappa shape index (κ1) is 17.3. The second kappa shape index (κ2) is 6.78. The lowest BCUT2D eigenvalue weighted by Gasteiger charge is -2.27. The zero-order valence-electron chi connectivity index (χ0n) is 12.9. The fraction of sp³-hybridized carbons (Fsp3) is 0.786. The minimum Gasteiger partial charge on any atom is -0.481 e. The monoisotopic (exact) mass is 301 g/mol. The van der Waals surface area contributed by atoms with Crippen LogP contribution in [0, 0.1) is 5.92 Å². The molecule has 0 saturated carbocycles. The molecule has 0 aromatic carbocycles. The smallest absolute Gasteiger partial charge is 0.411 e. The van der Waals surface area contributed by atoms with E-state index in [1.54, 1.807) is 20.8 Å². The Morgan fingerprint density at radius 3 is 2.38 bits per heavy atom. The van der Waals surface area contributed by atoms with E-state index in [1.165, 1.54) is 12.0 Å². The second-order valence-corrected chi connectivity index (χ2v) is 6.21. The van der Waals surface area contributed by atoms with Crippen LogP contribution in [0.5, 0.6) is 0 Å². The number of hydrogen-bond donors (Lipinski definition) is 1. The van der Waals surface area contributed by atoms with Gasteiger partial charge in [-0.25, -0.2) is 9.59 Å². The molecule has 0 aromatic rings. The van der Waals surface area contributed by atoms with E-state index in [-0.39, 0.29) is 12.3 Å². The summed E-state index contributed by atoms with van der Waals surface area (Å²) < 4.78 is 10.00. The van der Waals surface area contributed by atoms with Gasteiger partial charge in [0, 0.05) is 13.0 Å². The van der Waals surface area contributed by atoms with Crippen molar-refractivity contribution in [3.8, 4) is 0 Å². The SMILES string of the molecule is COC(=O)[C@H]1C[C@@H](CCC(=O)O)CN1C(=O)OC(C)(C)C. The van der Waals surface area contributed by atoms with Crippen molar-refractivity contribution >= 4 is 18.0 Å². The van der Waals surface area contributed by atoms with Crippen molar-refractivity contribution < 1.29 is 29.0 Å². The number of ether oxygens (including phenoxy) is 2. The molecule has 21 heavy (non-hydrogen) atoms.